The second kappa shape index (κ2) is 62.1. The predicted molar refractivity (Wildman–Crippen MR) is 338 cm³/mol. The molecule has 0 aliphatic rings. The zero-order valence-corrected chi connectivity index (χ0v) is 65.3. The SMILES string of the molecule is O=P([O-])([O-])[O-].[CH2-]C(CCC)(NCCCCCCCCCCCCCC)[N+](C)(C)C.[CH2-]C(CCC)(NCCCCCCCCCCCCCC)[N+](C)(C)C.[CH2-]C(CCC)(NCCCCCCCCCCCCCC)[N+](C)(C)C.[Na+].[Na+].[Na+]. The topological polar surface area (TPSA) is 122 Å². The largest absolute Gasteiger partial charge is 1.00 e. The molecule has 80 heavy (non-hydrogen) atoms. The predicted octanol–water partition coefficient (Wildman–Crippen LogP) is 7.13. The normalized spacial score (nSPS) is 14.0. The molecule has 0 rings (SSSR count). The first-order valence-corrected chi connectivity index (χ1v) is 34.6. The Labute approximate surface area is 571 Å². The van der Waals surface area contributed by atoms with Crippen molar-refractivity contribution in [1.29, 1.82) is 0 Å². The molecule has 3 unspecified atom stereocenters. The van der Waals surface area contributed by atoms with Gasteiger partial charge in [0.05, 0.1) is 63.4 Å². The minimum atomic E-state index is -5.39. The van der Waals surface area contributed by atoms with Crippen LogP contribution < -0.4 is 119 Å². The quantitative estimate of drug-likeness (QED) is 0.0148. The fourth-order valence-corrected chi connectivity index (χ4v) is 10.1. The Morgan fingerprint density at radius 2 is 0.412 bits per heavy atom. The van der Waals surface area contributed by atoms with E-state index in [4.69, 9.17) is 19.2 Å². The molecule has 0 radical (unpaired) electrons. The molecular weight excluding hydrogens is 1040 g/mol. The van der Waals surface area contributed by atoms with Gasteiger partial charge in [-0.2, -0.15) is 7.82 Å². The molecule has 0 spiro atoms. The number of nitrogens with one attached hydrogen (secondary N) is 3. The second-order valence-corrected chi connectivity index (χ2v) is 27.2. The summed E-state index contributed by atoms with van der Waals surface area (Å²) in [6.07, 6.45) is 57.9. The first-order valence-electron chi connectivity index (χ1n) is 33.1. The molecule has 10 nitrogen and oxygen atoms in total. The Hall–Kier alpha value is 2.87. The molecular formula is C66H144N6Na3O4P. The fraction of sp³-hybridized carbons (Fsp3) is 0.955. The summed E-state index contributed by atoms with van der Waals surface area (Å²) in [5.74, 6) is 0. The summed E-state index contributed by atoms with van der Waals surface area (Å²) in [5.41, 5.74) is -0.106. The van der Waals surface area contributed by atoms with Gasteiger partial charge in [0.1, 0.15) is 0 Å². The Kier molecular flexibility index (Phi) is 74.9. The van der Waals surface area contributed by atoms with Crippen molar-refractivity contribution in [2.45, 2.75) is 328 Å². The maximum atomic E-state index is 8.55. The fourth-order valence-electron chi connectivity index (χ4n) is 10.1. The molecule has 0 fully saturated rings. The summed E-state index contributed by atoms with van der Waals surface area (Å²) >= 11 is 0. The third-order valence-electron chi connectivity index (χ3n) is 16.3. The van der Waals surface area contributed by atoms with Gasteiger partial charge in [-0.05, 0) is 58.2 Å². The first-order chi connectivity index (χ1) is 36.1. The first kappa shape index (κ1) is 96.5. The summed E-state index contributed by atoms with van der Waals surface area (Å²) in [6, 6.07) is 0. The number of hydrogen-bond donors (Lipinski definition) is 3. The number of unbranched alkanes of at least 4 members (excludes halogenated alkanes) is 33. The Balaban J connectivity index is -0.000000188. The molecule has 0 aromatic carbocycles. The van der Waals surface area contributed by atoms with Crippen molar-refractivity contribution in [3.8, 4) is 0 Å². The van der Waals surface area contributed by atoms with Crippen molar-refractivity contribution in [2.75, 3.05) is 83.1 Å². The smallest absolute Gasteiger partial charge is 0.822 e. The van der Waals surface area contributed by atoms with Gasteiger partial charge in [-0.25, -0.2) is 0 Å². The number of phosphoric acid groups is 1. The van der Waals surface area contributed by atoms with E-state index in [2.05, 4.69) is 142 Å². The number of quaternary nitrogens is 3. The van der Waals surface area contributed by atoms with Crippen molar-refractivity contribution in [3.05, 3.63) is 20.8 Å². The average molecular weight is 1190 g/mol. The average Bonchev–Trinajstić information content (AvgIpc) is 3.32. The van der Waals surface area contributed by atoms with Gasteiger partial charge in [0.15, 0.2) is 0 Å². The van der Waals surface area contributed by atoms with Crippen LogP contribution >= 0.6 is 7.82 Å². The number of nitrogens with zero attached hydrogens (tertiary/aromatic N) is 3. The Morgan fingerprint density at radius 3 is 0.525 bits per heavy atom. The molecule has 0 aromatic heterocycles. The Bertz CT molecular complexity index is 1130. The summed E-state index contributed by atoms with van der Waals surface area (Å²) in [5, 5.41) is 11.2. The van der Waals surface area contributed by atoms with Gasteiger partial charge in [0, 0.05) is 17.0 Å². The summed E-state index contributed by atoms with van der Waals surface area (Å²) in [6.45, 7) is 30.4. The minimum Gasteiger partial charge on any atom is -0.822 e. The standard InChI is InChI=1S/3C22H48N2.3Na.H3O4P/c3*1-7-9-10-11-12-13-14-15-16-17-18-19-21-23-22(3,20-8-2)24(4,5)6;;;;1-5(2,3)4/h3*23H,3,7-21H2,1-2,4-6H3;;;;(H3,1,2,3,4)/q;;;3*+1;/p-3. The molecule has 0 heterocycles. The van der Waals surface area contributed by atoms with Crippen LogP contribution in [0.15, 0.2) is 0 Å². The number of hydrogen-bond acceptors (Lipinski definition) is 7. The van der Waals surface area contributed by atoms with Crippen LogP contribution in [0.25, 0.3) is 0 Å². The van der Waals surface area contributed by atoms with Crippen LogP contribution in [-0.2, 0) is 4.57 Å². The molecule has 470 valence electrons. The van der Waals surface area contributed by atoms with Gasteiger partial charge in [0.25, 0.3) is 0 Å². The van der Waals surface area contributed by atoms with Crippen molar-refractivity contribution < 1.29 is 121 Å². The third kappa shape index (κ3) is 63.9. The van der Waals surface area contributed by atoms with E-state index in [9.17, 15) is 0 Å². The van der Waals surface area contributed by atoms with Crippen molar-refractivity contribution in [1.82, 2.24) is 16.0 Å². The maximum Gasteiger partial charge on any atom is 1.00 e. The zero-order valence-electron chi connectivity index (χ0n) is 58.4. The van der Waals surface area contributed by atoms with E-state index in [-0.39, 0.29) is 106 Å². The third-order valence-corrected chi connectivity index (χ3v) is 16.3. The molecule has 0 aromatic rings. The Morgan fingerprint density at radius 1 is 0.287 bits per heavy atom. The molecule has 0 saturated heterocycles. The van der Waals surface area contributed by atoms with Crippen LogP contribution in [-0.4, -0.2) is 114 Å². The van der Waals surface area contributed by atoms with Gasteiger partial charge in [-0.3, -0.25) is 36.7 Å². The minimum absolute atomic E-state index is 0. The van der Waals surface area contributed by atoms with Gasteiger partial charge in [0.2, 0.25) is 0 Å². The monoisotopic (exact) mass is 1190 g/mol. The van der Waals surface area contributed by atoms with Gasteiger partial charge in [-0.1, -0.05) is 273 Å². The van der Waals surface area contributed by atoms with Crippen LogP contribution in [0, 0.1) is 20.8 Å². The van der Waals surface area contributed by atoms with E-state index in [1.165, 1.54) is 250 Å². The van der Waals surface area contributed by atoms with Crippen LogP contribution in [0.3, 0.4) is 0 Å². The summed E-state index contributed by atoms with van der Waals surface area (Å²) in [4.78, 5) is 25.6. The van der Waals surface area contributed by atoms with E-state index in [1.54, 1.807) is 0 Å². The van der Waals surface area contributed by atoms with E-state index >= 15 is 0 Å². The van der Waals surface area contributed by atoms with Crippen LogP contribution in [0.5, 0.6) is 0 Å². The maximum absolute atomic E-state index is 8.55. The van der Waals surface area contributed by atoms with E-state index in [0.717, 1.165) is 52.3 Å². The molecule has 3 atom stereocenters. The van der Waals surface area contributed by atoms with E-state index < -0.39 is 7.82 Å². The zero-order chi connectivity index (χ0) is 59.4. The molecule has 0 aliphatic heterocycles. The molecule has 0 saturated carbocycles. The van der Waals surface area contributed by atoms with Gasteiger partial charge < -0.3 is 32.7 Å². The van der Waals surface area contributed by atoms with Crippen molar-refractivity contribution in [3.63, 3.8) is 0 Å². The number of rotatable bonds is 51. The van der Waals surface area contributed by atoms with Gasteiger partial charge in [-0.15, -0.1) is 0 Å². The van der Waals surface area contributed by atoms with Gasteiger partial charge >= 0.3 is 88.7 Å². The van der Waals surface area contributed by atoms with Crippen molar-refractivity contribution >= 4 is 7.82 Å². The van der Waals surface area contributed by atoms with Crippen molar-refractivity contribution in [2.24, 2.45) is 0 Å². The molecule has 0 aliphatic carbocycles. The van der Waals surface area contributed by atoms with Crippen LogP contribution in [0.1, 0.15) is 311 Å². The van der Waals surface area contributed by atoms with Crippen LogP contribution in [0.2, 0.25) is 0 Å². The van der Waals surface area contributed by atoms with E-state index in [1.807, 2.05) is 0 Å². The van der Waals surface area contributed by atoms with Crippen LogP contribution in [0.4, 0.5) is 0 Å². The summed E-state index contributed by atoms with van der Waals surface area (Å²) < 4.78 is 11.2. The second-order valence-electron chi connectivity index (χ2n) is 26.3. The molecule has 0 amide bonds. The summed E-state index contributed by atoms with van der Waals surface area (Å²) in [7, 11) is 14.8. The molecule has 3 N–H and O–H groups in total. The molecule has 0 bridgehead atoms. The van der Waals surface area contributed by atoms with E-state index in [0.29, 0.717) is 0 Å². The molecule has 14 heteroatoms.